The van der Waals surface area contributed by atoms with Crippen molar-refractivity contribution in [3.63, 3.8) is 0 Å². The number of hydrogen-bond donors (Lipinski definition) is 2. The quantitative estimate of drug-likeness (QED) is 0.843. The molecule has 1 heterocycles. The Balaban J connectivity index is 1.36. The van der Waals surface area contributed by atoms with Gasteiger partial charge >= 0.3 is 6.03 Å². The summed E-state index contributed by atoms with van der Waals surface area (Å²) < 4.78 is 0. The van der Waals surface area contributed by atoms with E-state index in [1.807, 2.05) is 18.2 Å². The summed E-state index contributed by atoms with van der Waals surface area (Å²) in [6.45, 7) is 4.56. The number of carbonyl (C=O) groups is 2. The van der Waals surface area contributed by atoms with Crippen LogP contribution >= 0.6 is 11.6 Å². The minimum absolute atomic E-state index is 0.239. The maximum atomic E-state index is 11.9. The SMILES string of the molecule is O=C(CN1CCN(Cc2cccc(Cl)c2)CC1)NC(=O)NC1CC1. The molecule has 1 saturated heterocycles. The zero-order chi connectivity index (χ0) is 16.9. The molecule has 3 amide bonds. The smallest absolute Gasteiger partial charge is 0.321 e. The summed E-state index contributed by atoms with van der Waals surface area (Å²) in [5.41, 5.74) is 1.20. The van der Waals surface area contributed by atoms with Crippen molar-refractivity contribution < 1.29 is 9.59 Å². The van der Waals surface area contributed by atoms with Crippen LogP contribution in [-0.4, -0.2) is 60.5 Å². The predicted octanol–water partition coefficient (Wildman–Crippen LogP) is 1.45. The normalized spacial score (nSPS) is 19.0. The Labute approximate surface area is 147 Å². The Hall–Kier alpha value is -1.63. The minimum Gasteiger partial charge on any atom is -0.335 e. The van der Waals surface area contributed by atoms with E-state index in [0.29, 0.717) is 0 Å². The van der Waals surface area contributed by atoms with Gasteiger partial charge in [0.2, 0.25) is 5.91 Å². The Morgan fingerprint density at radius 2 is 1.83 bits per heavy atom. The van der Waals surface area contributed by atoms with Crippen LogP contribution < -0.4 is 10.6 Å². The lowest BCUT2D eigenvalue weighted by Gasteiger charge is -2.34. The second-order valence-electron chi connectivity index (χ2n) is 6.48. The zero-order valence-electron chi connectivity index (χ0n) is 13.6. The molecule has 3 rings (SSSR count). The Kier molecular flexibility index (Phi) is 5.71. The predicted molar refractivity (Wildman–Crippen MR) is 92.9 cm³/mol. The monoisotopic (exact) mass is 350 g/mol. The molecule has 130 valence electrons. The second-order valence-corrected chi connectivity index (χ2v) is 6.91. The van der Waals surface area contributed by atoms with E-state index in [4.69, 9.17) is 11.6 Å². The number of nitrogens with zero attached hydrogens (tertiary/aromatic N) is 2. The van der Waals surface area contributed by atoms with Crippen LogP contribution in [0.1, 0.15) is 18.4 Å². The van der Waals surface area contributed by atoms with Crippen LogP contribution in [0.4, 0.5) is 4.79 Å². The van der Waals surface area contributed by atoms with Gasteiger partial charge in [-0.25, -0.2) is 4.79 Å². The summed E-state index contributed by atoms with van der Waals surface area (Å²) >= 11 is 6.02. The van der Waals surface area contributed by atoms with Crippen molar-refractivity contribution >= 4 is 23.5 Å². The summed E-state index contributed by atoms with van der Waals surface area (Å²) in [6.07, 6.45) is 2.02. The van der Waals surface area contributed by atoms with Gasteiger partial charge in [-0.15, -0.1) is 0 Å². The van der Waals surface area contributed by atoms with Gasteiger partial charge < -0.3 is 5.32 Å². The van der Waals surface area contributed by atoms with Gasteiger partial charge in [0.15, 0.2) is 0 Å². The lowest BCUT2D eigenvalue weighted by Crippen LogP contribution is -2.50. The average Bonchev–Trinajstić information content (AvgIpc) is 3.33. The molecule has 2 N–H and O–H groups in total. The maximum absolute atomic E-state index is 11.9. The highest BCUT2D eigenvalue weighted by molar-refractivity contribution is 6.30. The van der Waals surface area contributed by atoms with Crippen molar-refractivity contribution in [1.29, 1.82) is 0 Å². The van der Waals surface area contributed by atoms with Crippen LogP contribution in [0.25, 0.3) is 0 Å². The van der Waals surface area contributed by atoms with Gasteiger partial charge in [-0.2, -0.15) is 0 Å². The number of nitrogens with one attached hydrogen (secondary N) is 2. The number of rotatable bonds is 5. The number of piperazine rings is 1. The molecule has 24 heavy (non-hydrogen) atoms. The van der Waals surface area contributed by atoms with E-state index in [9.17, 15) is 9.59 Å². The summed E-state index contributed by atoms with van der Waals surface area (Å²) in [4.78, 5) is 27.9. The molecule has 1 aliphatic heterocycles. The highest BCUT2D eigenvalue weighted by Crippen LogP contribution is 2.18. The highest BCUT2D eigenvalue weighted by Gasteiger charge is 2.25. The number of hydrogen-bond acceptors (Lipinski definition) is 4. The van der Waals surface area contributed by atoms with Crippen LogP contribution in [0.2, 0.25) is 5.02 Å². The fraction of sp³-hybridized carbons (Fsp3) is 0.529. The third kappa shape index (κ3) is 5.47. The molecule has 7 heteroatoms. The first-order valence-corrected chi connectivity index (χ1v) is 8.76. The largest absolute Gasteiger partial charge is 0.335 e. The van der Waals surface area contributed by atoms with Gasteiger partial charge in [0.25, 0.3) is 0 Å². The topological polar surface area (TPSA) is 64.7 Å². The molecule has 1 aromatic rings. The number of amides is 3. The van der Waals surface area contributed by atoms with Crippen LogP contribution in [0.5, 0.6) is 0 Å². The molecule has 0 aromatic heterocycles. The molecule has 1 aliphatic carbocycles. The number of imide groups is 1. The maximum Gasteiger partial charge on any atom is 0.321 e. The molecule has 0 bridgehead atoms. The van der Waals surface area contributed by atoms with Crippen molar-refractivity contribution in [3.8, 4) is 0 Å². The van der Waals surface area contributed by atoms with E-state index < -0.39 is 0 Å². The van der Waals surface area contributed by atoms with E-state index in [1.54, 1.807) is 0 Å². The highest BCUT2D eigenvalue weighted by atomic mass is 35.5. The molecule has 0 radical (unpaired) electrons. The Bertz CT molecular complexity index is 598. The van der Waals surface area contributed by atoms with E-state index in [-0.39, 0.29) is 24.5 Å². The van der Waals surface area contributed by atoms with Crippen molar-refractivity contribution in [2.75, 3.05) is 32.7 Å². The molecule has 0 atom stereocenters. The molecule has 1 saturated carbocycles. The third-order valence-electron chi connectivity index (χ3n) is 4.29. The first-order valence-electron chi connectivity index (χ1n) is 8.38. The molecular weight excluding hydrogens is 328 g/mol. The average molecular weight is 351 g/mol. The van der Waals surface area contributed by atoms with Crippen LogP contribution in [-0.2, 0) is 11.3 Å². The Morgan fingerprint density at radius 1 is 1.12 bits per heavy atom. The fourth-order valence-electron chi connectivity index (χ4n) is 2.82. The van der Waals surface area contributed by atoms with E-state index in [2.05, 4.69) is 26.5 Å². The summed E-state index contributed by atoms with van der Waals surface area (Å²) in [7, 11) is 0. The fourth-order valence-corrected chi connectivity index (χ4v) is 3.03. The molecule has 0 spiro atoms. The number of urea groups is 1. The molecule has 0 unspecified atom stereocenters. The van der Waals surface area contributed by atoms with Crippen molar-refractivity contribution in [1.82, 2.24) is 20.4 Å². The van der Waals surface area contributed by atoms with E-state index >= 15 is 0 Å². The minimum atomic E-state index is -0.373. The van der Waals surface area contributed by atoms with Gasteiger partial charge in [0, 0.05) is 43.8 Å². The first kappa shape index (κ1) is 17.2. The van der Waals surface area contributed by atoms with Crippen molar-refractivity contribution in [3.05, 3.63) is 34.9 Å². The summed E-state index contributed by atoms with van der Waals surface area (Å²) in [6, 6.07) is 7.78. The van der Waals surface area contributed by atoms with Crippen LogP contribution in [0, 0.1) is 0 Å². The number of carbonyl (C=O) groups excluding carboxylic acids is 2. The molecule has 2 fully saturated rings. The van der Waals surface area contributed by atoms with Gasteiger partial charge in [0.1, 0.15) is 0 Å². The molecule has 6 nitrogen and oxygen atoms in total. The second kappa shape index (κ2) is 7.96. The van der Waals surface area contributed by atoms with E-state index in [1.165, 1.54) is 5.56 Å². The third-order valence-corrected chi connectivity index (χ3v) is 4.53. The standard InChI is InChI=1S/C17H23ClN4O2/c18-14-3-1-2-13(10-14)11-21-6-8-22(9-7-21)12-16(23)20-17(24)19-15-4-5-15/h1-3,10,15H,4-9,11-12H2,(H2,19,20,23,24). The lowest BCUT2D eigenvalue weighted by atomic mass is 10.2. The van der Waals surface area contributed by atoms with Gasteiger partial charge in [-0.05, 0) is 30.5 Å². The van der Waals surface area contributed by atoms with Crippen LogP contribution in [0.3, 0.4) is 0 Å². The summed E-state index contributed by atoms with van der Waals surface area (Å²) in [5.74, 6) is -0.239. The van der Waals surface area contributed by atoms with E-state index in [0.717, 1.165) is 50.6 Å². The number of benzene rings is 1. The number of halogens is 1. The zero-order valence-corrected chi connectivity index (χ0v) is 14.4. The molecular formula is C17H23ClN4O2. The van der Waals surface area contributed by atoms with Crippen LogP contribution in [0.15, 0.2) is 24.3 Å². The molecule has 1 aromatic carbocycles. The van der Waals surface area contributed by atoms with Gasteiger partial charge in [0.05, 0.1) is 6.54 Å². The van der Waals surface area contributed by atoms with Crippen molar-refractivity contribution in [2.45, 2.75) is 25.4 Å². The first-order chi connectivity index (χ1) is 11.6. The summed E-state index contributed by atoms with van der Waals surface area (Å²) in [5, 5.41) is 5.91. The van der Waals surface area contributed by atoms with Gasteiger partial charge in [-0.3, -0.25) is 19.9 Å². The van der Waals surface area contributed by atoms with Gasteiger partial charge in [-0.1, -0.05) is 23.7 Å². The lowest BCUT2D eigenvalue weighted by molar-refractivity contribution is -0.121. The molecule has 2 aliphatic rings. The van der Waals surface area contributed by atoms with Crippen molar-refractivity contribution in [2.24, 2.45) is 0 Å². The Morgan fingerprint density at radius 3 is 2.50 bits per heavy atom.